The smallest absolute Gasteiger partial charge is 0.298 e. The summed E-state index contributed by atoms with van der Waals surface area (Å²) in [5, 5.41) is 1.89. The molecule has 0 unspecified atom stereocenters. The molecule has 0 spiro atoms. The highest BCUT2D eigenvalue weighted by Gasteiger charge is 2.08. The molecule has 114 valence electrons. The Morgan fingerprint density at radius 3 is 2.50 bits per heavy atom. The lowest BCUT2D eigenvalue weighted by Crippen LogP contribution is -2.13. The zero-order valence-electron chi connectivity index (χ0n) is 11.5. The summed E-state index contributed by atoms with van der Waals surface area (Å²) in [6, 6.07) is 11.8. The SMILES string of the molecule is O=c1sc2cc(Cc3ccc(Cl)c(Cl)c3)ccc2n1CCBr. The van der Waals surface area contributed by atoms with Crippen LogP contribution in [0.1, 0.15) is 11.1 Å². The monoisotopic (exact) mass is 415 g/mol. The topological polar surface area (TPSA) is 22.0 Å². The zero-order valence-corrected chi connectivity index (χ0v) is 15.4. The van der Waals surface area contributed by atoms with Gasteiger partial charge < -0.3 is 0 Å². The van der Waals surface area contributed by atoms with Crippen LogP contribution < -0.4 is 4.87 Å². The molecule has 0 atom stereocenters. The summed E-state index contributed by atoms with van der Waals surface area (Å²) in [5.41, 5.74) is 3.24. The molecule has 3 aromatic rings. The lowest BCUT2D eigenvalue weighted by Gasteiger charge is -2.05. The quantitative estimate of drug-likeness (QED) is 0.525. The number of fused-ring (bicyclic) bond motifs is 1. The number of hydrogen-bond acceptors (Lipinski definition) is 2. The average Bonchev–Trinajstić information content (AvgIpc) is 2.79. The van der Waals surface area contributed by atoms with Crippen molar-refractivity contribution in [2.45, 2.75) is 13.0 Å². The van der Waals surface area contributed by atoms with E-state index >= 15 is 0 Å². The van der Waals surface area contributed by atoms with Crippen LogP contribution in [0.5, 0.6) is 0 Å². The lowest BCUT2D eigenvalue weighted by atomic mass is 10.0. The Labute approximate surface area is 150 Å². The minimum atomic E-state index is 0.0844. The third-order valence-corrected chi connectivity index (χ3v) is 5.47. The molecule has 3 rings (SSSR count). The van der Waals surface area contributed by atoms with Crippen molar-refractivity contribution < 1.29 is 0 Å². The van der Waals surface area contributed by atoms with Gasteiger partial charge in [-0.1, -0.05) is 62.6 Å². The molecule has 0 saturated heterocycles. The lowest BCUT2D eigenvalue weighted by molar-refractivity contribution is 0.792. The second kappa shape index (κ2) is 6.75. The van der Waals surface area contributed by atoms with Crippen LogP contribution in [0.25, 0.3) is 10.2 Å². The van der Waals surface area contributed by atoms with E-state index in [1.807, 2.05) is 24.3 Å². The average molecular weight is 417 g/mol. The predicted molar refractivity (Wildman–Crippen MR) is 99.1 cm³/mol. The maximum atomic E-state index is 12.0. The van der Waals surface area contributed by atoms with Crippen LogP contribution in [0.2, 0.25) is 10.0 Å². The minimum Gasteiger partial charge on any atom is -0.298 e. The Hall–Kier alpha value is -0.810. The van der Waals surface area contributed by atoms with Gasteiger partial charge in [-0.05, 0) is 41.8 Å². The highest BCUT2D eigenvalue weighted by Crippen LogP contribution is 2.25. The second-order valence-corrected chi connectivity index (χ2v) is 7.54. The molecule has 0 bridgehead atoms. The number of rotatable bonds is 4. The van der Waals surface area contributed by atoms with Gasteiger partial charge in [0.15, 0.2) is 0 Å². The molecule has 1 aromatic heterocycles. The number of benzene rings is 2. The molecule has 0 aliphatic heterocycles. The third kappa shape index (κ3) is 3.25. The van der Waals surface area contributed by atoms with Gasteiger partial charge in [-0.15, -0.1) is 0 Å². The number of hydrogen-bond donors (Lipinski definition) is 0. The fraction of sp³-hybridized carbons (Fsp3) is 0.188. The molecule has 0 saturated carbocycles. The predicted octanol–water partition coefficient (Wildman–Crippen LogP) is 5.36. The van der Waals surface area contributed by atoms with Crippen molar-refractivity contribution in [1.82, 2.24) is 4.57 Å². The number of nitrogens with zero attached hydrogens (tertiary/aromatic N) is 1. The summed E-state index contributed by atoms with van der Waals surface area (Å²) in [6.45, 7) is 0.685. The van der Waals surface area contributed by atoms with Gasteiger partial charge in [0.2, 0.25) is 0 Å². The standard InChI is InChI=1S/C16H12BrCl2NOS/c17-5-6-20-14-4-2-11(9-15(14)22-16(20)21)7-10-1-3-12(18)13(19)8-10/h1-4,8-9H,5-7H2. The summed E-state index contributed by atoms with van der Waals surface area (Å²) < 4.78 is 2.82. The van der Waals surface area contributed by atoms with Crippen molar-refractivity contribution >= 4 is 60.7 Å². The number of thiazole rings is 1. The Morgan fingerprint density at radius 1 is 1.05 bits per heavy atom. The van der Waals surface area contributed by atoms with Crippen molar-refractivity contribution in [3.05, 3.63) is 67.2 Å². The molecule has 2 nitrogen and oxygen atoms in total. The van der Waals surface area contributed by atoms with Gasteiger partial charge in [-0.2, -0.15) is 0 Å². The first-order chi connectivity index (χ1) is 10.6. The molecule has 0 aliphatic carbocycles. The summed E-state index contributed by atoms with van der Waals surface area (Å²) in [7, 11) is 0. The van der Waals surface area contributed by atoms with Crippen LogP contribution in [-0.2, 0) is 13.0 Å². The molecule has 0 N–H and O–H groups in total. The first-order valence-electron chi connectivity index (χ1n) is 6.70. The fourth-order valence-electron chi connectivity index (χ4n) is 2.40. The van der Waals surface area contributed by atoms with Crippen LogP contribution in [-0.4, -0.2) is 9.90 Å². The van der Waals surface area contributed by atoms with Gasteiger partial charge in [0.05, 0.1) is 20.3 Å². The molecule has 22 heavy (non-hydrogen) atoms. The molecular formula is C16H12BrCl2NOS. The fourth-order valence-corrected chi connectivity index (χ4v) is 4.06. The van der Waals surface area contributed by atoms with Crippen molar-refractivity contribution in [2.24, 2.45) is 0 Å². The summed E-state index contributed by atoms with van der Waals surface area (Å²) >= 11 is 16.7. The van der Waals surface area contributed by atoms with E-state index in [0.717, 1.165) is 33.1 Å². The van der Waals surface area contributed by atoms with Gasteiger partial charge in [-0.3, -0.25) is 9.36 Å². The third-order valence-electron chi connectivity index (χ3n) is 3.43. The Morgan fingerprint density at radius 2 is 1.77 bits per heavy atom. The van der Waals surface area contributed by atoms with Crippen LogP contribution in [0.15, 0.2) is 41.2 Å². The zero-order chi connectivity index (χ0) is 15.7. The Balaban J connectivity index is 1.95. The van der Waals surface area contributed by atoms with Crippen LogP contribution in [0, 0.1) is 0 Å². The van der Waals surface area contributed by atoms with E-state index in [1.165, 1.54) is 11.3 Å². The van der Waals surface area contributed by atoms with Crippen LogP contribution in [0.4, 0.5) is 0 Å². The minimum absolute atomic E-state index is 0.0844. The first-order valence-corrected chi connectivity index (χ1v) is 9.40. The number of halogens is 3. The largest absolute Gasteiger partial charge is 0.308 e. The molecule has 0 aliphatic rings. The Bertz CT molecular complexity index is 887. The van der Waals surface area contributed by atoms with E-state index in [0.29, 0.717) is 16.6 Å². The van der Waals surface area contributed by atoms with Gasteiger partial charge in [0.1, 0.15) is 0 Å². The molecular weight excluding hydrogens is 405 g/mol. The van der Waals surface area contributed by atoms with E-state index < -0.39 is 0 Å². The van der Waals surface area contributed by atoms with Gasteiger partial charge >= 0.3 is 4.87 Å². The van der Waals surface area contributed by atoms with Gasteiger partial charge in [0.25, 0.3) is 0 Å². The van der Waals surface area contributed by atoms with E-state index in [-0.39, 0.29) is 4.87 Å². The molecule has 1 heterocycles. The van der Waals surface area contributed by atoms with E-state index in [4.69, 9.17) is 23.2 Å². The van der Waals surface area contributed by atoms with Crippen LogP contribution >= 0.6 is 50.5 Å². The summed E-state index contributed by atoms with van der Waals surface area (Å²) in [4.78, 5) is 12.1. The van der Waals surface area contributed by atoms with Gasteiger partial charge in [0, 0.05) is 11.9 Å². The normalized spacial score (nSPS) is 11.2. The highest BCUT2D eigenvalue weighted by molar-refractivity contribution is 9.09. The summed E-state index contributed by atoms with van der Waals surface area (Å²) in [5.74, 6) is 0. The molecule has 0 amide bonds. The van der Waals surface area contributed by atoms with Crippen molar-refractivity contribution in [3.8, 4) is 0 Å². The Kier molecular flexibility index (Phi) is 4.93. The number of alkyl halides is 1. The maximum Gasteiger partial charge on any atom is 0.308 e. The molecule has 2 aromatic carbocycles. The highest BCUT2D eigenvalue weighted by atomic mass is 79.9. The molecule has 6 heteroatoms. The second-order valence-electron chi connectivity index (χ2n) is 4.94. The van der Waals surface area contributed by atoms with Crippen molar-refractivity contribution in [3.63, 3.8) is 0 Å². The van der Waals surface area contributed by atoms with E-state index in [1.54, 1.807) is 4.57 Å². The molecule has 0 fully saturated rings. The van der Waals surface area contributed by atoms with Crippen LogP contribution in [0.3, 0.4) is 0 Å². The molecule has 0 radical (unpaired) electrons. The van der Waals surface area contributed by atoms with Crippen molar-refractivity contribution in [2.75, 3.05) is 5.33 Å². The number of aromatic nitrogens is 1. The maximum absolute atomic E-state index is 12.0. The van der Waals surface area contributed by atoms with Crippen molar-refractivity contribution in [1.29, 1.82) is 0 Å². The number of aryl methyl sites for hydroxylation is 1. The summed E-state index contributed by atoms with van der Waals surface area (Å²) in [6.07, 6.45) is 0.761. The first kappa shape index (κ1) is 16.1. The van der Waals surface area contributed by atoms with E-state index in [9.17, 15) is 4.79 Å². The van der Waals surface area contributed by atoms with E-state index in [2.05, 4.69) is 28.1 Å². The van der Waals surface area contributed by atoms with Gasteiger partial charge in [-0.25, -0.2) is 0 Å².